The largest absolute Gasteiger partial charge is 0.393 e. The number of carbonyl (C=O) groups excluding carboxylic acids is 1. The molecule has 6 nitrogen and oxygen atoms in total. The number of aromatic nitrogens is 2. The molecule has 21 heavy (non-hydrogen) atoms. The molecule has 1 fully saturated rings. The molecule has 1 saturated heterocycles. The molecule has 0 spiro atoms. The Labute approximate surface area is 126 Å². The minimum absolute atomic E-state index is 0.106. The molecular formula is C15H26N4O2. The Bertz CT molecular complexity index is 470. The quantitative estimate of drug-likeness (QED) is 0.894. The van der Waals surface area contributed by atoms with Crippen molar-refractivity contribution >= 4 is 11.8 Å². The molecule has 2 unspecified atom stereocenters. The molecule has 2 amide bonds. The molecule has 1 aliphatic rings. The lowest BCUT2D eigenvalue weighted by Crippen LogP contribution is -2.45. The number of likely N-dealkylation sites (tertiary alicyclic amines) is 1. The van der Waals surface area contributed by atoms with Gasteiger partial charge in [0.05, 0.1) is 12.3 Å². The number of hydrogen-bond donors (Lipinski definition) is 2. The van der Waals surface area contributed by atoms with Gasteiger partial charge >= 0.3 is 6.03 Å². The molecule has 0 aliphatic carbocycles. The summed E-state index contributed by atoms with van der Waals surface area (Å²) in [6.45, 7) is 8.16. The molecule has 2 heterocycles. The zero-order chi connectivity index (χ0) is 15.4. The Hall–Kier alpha value is -1.56. The summed E-state index contributed by atoms with van der Waals surface area (Å²) in [5.41, 5.74) is 0. The minimum atomic E-state index is -0.368. The molecule has 0 aromatic carbocycles. The van der Waals surface area contributed by atoms with E-state index < -0.39 is 0 Å². The predicted octanol–water partition coefficient (Wildman–Crippen LogP) is 2.16. The van der Waals surface area contributed by atoms with Crippen LogP contribution in [-0.4, -0.2) is 45.0 Å². The Kier molecular flexibility index (Phi) is 5.22. The van der Waals surface area contributed by atoms with Gasteiger partial charge in [0.25, 0.3) is 0 Å². The van der Waals surface area contributed by atoms with Gasteiger partial charge in [-0.2, -0.15) is 5.10 Å². The molecule has 2 N–H and O–H groups in total. The second kappa shape index (κ2) is 6.93. The number of aliphatic hydroxyl groups excluding tert-OH is 1. The molecular weight excluding hydrogens is 268 g/mol. The predicted molar refractivity (Wildman–Crippen MR) is 82.1 cm³/mol. The zero-order valence-corrected chi connectivity index (χ0v) is 13.1. The zero-order valence-electron chi connectivity index (χ0n) is 13.1. The van der Waals surface area contributed by atoms with Gasteiger partial charge in [0.2, 0.25) is 0 Å². The second-order valence-corrected chi connectivity index (χ2v) is 6.31. The van der Waals surface area contributed by atoms with Gasteiger partial charge in [-0.25, -0.2) is 9.48 Å². The van der Waals surface area contributed by atoms with Crippen LogP contribution in [0.15, 0.2) is 12.3 Å². The summed E-state index contributed by atoms with van der Waals surface area (Å²) in [4.78, 5) is 14.1. The number of carbonyl (C=O) groups is 1. The van der Waals surface area contributed by atoms with Crippen molar-refractivity contribution < 1.29 is 9.90 Å². The standard InChI is InChI=1S/C15H26N4O2/c1-11(2)9-19-14(6-7-16-19)17-15(21)18-8-4-5-13(10-18)12(3)20/h6-7,11-13,20H,4-5,8-10H2,1-3H3,(H,17,21). The smallest absolute Gasteiger partial charge is 0.323 e. The summed E-state index contributed by atoms with van der Waals surface area (Å²) in [5, 5.41) is 16.9. The van der Waals surface area contributed by atoms with E-state index in [0.717, 1.165) is 31.7 Å². The van der Waals surface area contributed by atoms with Crippen molar-refractivity contribution in [3.05, 3.63) is 12.3 Å². The summed E-state index contributed by atoms with van der Waals surface area (Å²) in [7, 11) is 0. The number of piperidine rings is 1. The first-order valence-electron chi connectivity index (χ1n) is 7.73. The van der Waals surface area contributed by atoms with E-state index in [4.69, 9.17) is 0 Å². The molecule has 2 rings (SSSR count). The van der Waals surface area contributed by atoms with Crippen molar-refractivity contribution in [2.75, 3.05) is 18.4 Å². The number of aliphatic hydroxyl groups is 1. The first kappa shape index (κ1) is 15.8. The molecule has 0 bridgehead atoms. The number of rotatable bonds is 4. The van der Waals surface area contributed by atoms with Crippen LogP contribution in [0.5, 0.6) is 0 Å². The van der Waals surface area contributed by atoms with Crippen LogP contribution in [0.1, 0.15) is 33.6 Å². The number of nitrogens with zero attached hydrogens (tertiary/aromatic N) is 3. The average Bonchev–Trinajstić information content (AvgIpc) is 2.85. The van der Waals surface area contributed by atoms with Crippen LogP contribution in [-0.2, 0) is 6.54 Å². The summed E-state index contributed by atoms with van der Waals surface area (Å²) in [6.07, 6.45) is 3.25. The highest BCUT2D eigenvalue weighted by Crippen LogP contribution is 2.20. The van der Waals surface area contributed by atoms with E-state index in [2.05, 4.69) is 24.3 Å². The molecule has 118 valence electrons. The highest BCUT2D eigenvalue weighted by molar-refractivity contribution is 5.88. The van der Waals surface area contributed by atoms with Crippen molar-refractivity contribution in [1.29, 1.82) is 0 Å². The van der Waals surface area contributed by atoms with Crippen LogP contribution in [0.2, 0.25) is 0 Å². The van der Waals surface area contributed by atoms with E-state index in [9.17, 15) is 9.90 Å². The summed E-state index contributed by atoms with van der Waals surface area (Å²) in [5.74, 6) is 1.37. The average molecular weight is 294 g/mol. The highest BCUT2D eigenvalue weighted by atomic mass is 16.3. The van der Waals surface area contributed by atoms with Gasteiger partial charge < -0.3 is 10.0 Å². The lowest BCUT2D eigenvalue weighted by molar-refractivity contribution is 0.0765. The highest BCUT2D eigenvalue weighted by Gasteiger charge is 2.26. The van der Waals surface area contributed by atoms with Crippen LogP contribution in [0, 0.1) is 11.8 Å². The fourth-order valence-electron chi connectivity index (χ4n) is 2.71. The second-order valence-electron chi connectivity index (χ2n) is 6.31. The van der Waals surface area contributed by atoms with E-state index in [-0.39, 0.29) is 18.1 Å². The van der Waals surface area contributed by atoms with Crippen molar-refractivity contribution in [3.8, 4) is 0 Å². The molecule has 0 radical (unpaired) electrons. The van der Waals surface area contributed by atoms with Crippen LogP contribution in [0.3, 0.4) is 0 Å². The fraction of sp³-hybridized carbons (Fsp3) is 0.733. The van der Waals surface area contributed by atoms with E-state index in [0.29, 0.717) is 12.5 Å². The summed E-state index contributed by atoms with van der Waals surface area (Å²) in [6, 6.07) is 1.71. The van der Waals surface area contributed by atoms with Gasteiger partial charge in [-0.05, 0) is 25.7 Å². The Morgan fingerprint density at radius 3 is 2.95 bits per heavy atom. The Balaban J connectivity index is 1.96. The monoisotopic (exact) mass is 294 g/mol. The van der Waals surface area contributed by atoms with Crippen molar-refractivity contribution in [1.82, 2.24) is 14.7 Å². The van der Waals surface area contributed by atoms with Gasteiger partial charge in [-0.1, -0.05) is 13.8 Å². The molecule has 6 heteroatoms. The van der Waals surface area contributed by atoms with Crippen LogP contribution in [0.25, 0.3) is 0 Å². The van der Waals surface area contributed by atoms with Gasteiger partial charge in [0, 0.05) is 31.6 Å². The first-order valence-corrected chi connectivity index (χ1v) is 7.73. The Morgan fingerprint density at radius 2 is 2.29 bits per heavy atom. The van der Waals surface area contributed by atoms with Gasteiger partial charge in [0.1, 0.15) is 5.82 Å². The third kappa shape index (κ3) is 4.20. The van der Waals surface area contributed by atoms with Crippen LogP contribution in [0.4, 0.5) is 10.6 Å². The fourth-order valence-corrected chi connectivity index (χ4v) is 2.71. The van der Waals surface area contributed by atoms with Gasteiger partial charge in [-0.15, -0.1) is 0 Å². The number of anilines is 1. The maximum absolute atomic E-state index is 12.4. The van der Waals surface area contributed by atoms with Crippen molar-refractivity contribution in [3.63, 3.8) is 0 Å². The number of urea groups is 1. The molecule has 1 aromatic rings. The summed E-state index contributed by atoms with van der Waals surface area (Å²) < 4.78 is 1.82. The van der Waals surface area contributed by atoms with E-state index in [1.54, 1.807) is 18.0 Å². The first-order chi connectivity index (χ1) is 9.97. The summed E-state index contributed by atoms with van der Waals surface area (Å²) >= 11 is 0. The van der Waals surface area contributed by atoms with Crippen LogP contribution < -0.4 is 5.32 Å². The van der Waals surface area contributed by atoms with E-state index >= 15 is 0 Å². The molecule has 2 atom stereocenters. The SMILES string of the molecule is CC(C)Cn1nccc1NC(=O)N1CCCC(C(C)O)C1. The topological polar surface area (TPSA) is 70.4 Å². The van der Waals surface area contributed by atoms with Gasteiger partial charge in [-0.3, -0.25) is 5.32 Å². The van der Waals surface area contributed by atoms with Gasteiger partial charge in [0.15, 0.2) is 0 Å². The Morgan fingerprint density at radius 1 is 1.52 bits per heavy atom. The molecule has 1 aromatic heterocycles. The van der Waals surface area contributed by atoms with E-state index in [1.807, 2.05) is 10.7 Å². The maximum atomic E-state index is 12.4. The molecule has 1 aliphatic heterocycles. The van der Waals surface area contributed by atoms with Crippen LogP contribution >= 0.6 is 0 Å². The van der Waals surface area contributed by atoms with Crippen molar-refractivity contribution in [2.45, 2.75) is 46.3 Å². The lowest BCUT2D eigenvalue weighted by Gasteiger charge is -2.34. The normalized spacial score (nSPS) is 20.6. The number of nitrogens with one attached hydrogen (secondary N) is 1. The number of amides is 2. The minimum Gasteiger partial charge on any atom is -0.393 e. The maximum Gasteiger partial charge on any atom is 0.323 e. The van der Waals surface area contributed by atoms with E-state index in [1.165, 1.54) is 0 Å². The lowest BCUT2D eigenvalue weighted by atomic mass is 9.94. The number of hydrogen-bond acceptors (Lipinski definition) is 3. The third-order valence-corrected chi connectivity index (χ3v) is 3.92. The third-order valence-electron chi connectivity index (χ3n) is 3.92. The van der Waals surface area contributed by atoms with Crippen molar-refractivity contribution in [2.24, 2.45) is 11.8 Å². The molecule has 0 saturated carbocycles.